The van der Waals surface area contributed by atoms with Crippen LogP contribution in [0.1, 0.15) is 26.6 Å². The summed E-state index contributed by atoms with van der Waals surface area (Å²) in [6.45, 7) is 3.75. The molecule has 2 N–H and O–H groups in total. The molecule has 0 saturated heterocycles. The molecule has 0 fully saturated rings. The van der Waals surface area contributed by atoms with Crippen LogP contribution < -0.4 is 4.72 Å². The Labute approximate surface area is 132 Å². The molecule has 22 heavy (non-hydrogen) atoms. The van der Waals surface area contributed by atoms with E-state index in [1.165, 1.54) is 16.7 Å². The largest absolute Gasteiger partial charge is 0.476 e. The highest BCUT2D eigenvalue weighted by atomic mass is 32.2. The number of sulfonamides is 1. The second kappa shape index (κ2) is 6.55. The number of carboxylic acids is 1. The predicted octanol–water partition coefficient (Wildman–Crippen LogP) is 1.98. The van der Waals surface area contributed by atoms with Crippen molar-refractivity contribution in [1.29, 1.82) is 0 Å². The Bertz CT molecular complexity index is 797. The van der Waals surface area contributed by atoms with E-state index in [-0.39, 0.29) is 17.1 Å². The number of rotatable bonds is 6. The smallest absolute Gasteiger partial charge is 0.355 e. The molecule has 6 nitrogen and oxygen atoms in total. The van der Waals surface area contributed by atoms with E-state index in [9.17, 15) is 13.2 Å². The first kappa shape index (κ1) is 16.6. The van der Waals surface area contributed by atoms with Gasteiger partial charge in [-0.05, 0) is 31.0 Å². The van der Waals surface area contributed by atoms with Gasteiger partial charge in [-0.3, -0.25) is 0 Å². The minimum atomic E-state index is -3.58. The van der Waals surface area contributed by atoms with Gasteiger partial charge in [-0.1, -0.05) is 12.1 Å². The molecule has 0 aliphatic carbocycles. The number of hydrogen-bond donors (Lipinski definition) is 2. The van der Waals surface area contributed by atoms with Gasteiger partial charge in [-0.25, -0.2) is 22.9 Å². The number of aryl methyl sites for hydroxylation is 2. The van der Waals surface area contributed by atoms with Crippen LogP contribution in [0.15, 0.2) is 28.5 Å². The highest BCUT2D eigenvalue weighted by Gasteiger charge is 2.17. The van der Waals surface area contributed by atoms with Crippen LogP contribution in [0.25, 0.3) is 0 Å². The summed E-state index contributed by atoms with van der Waals surface area (Å²) in [5.41, 5.74) is 1.54. The van der Waals surface area contributed by atoms with E-state index >= 15 is 0 Å². The topological polar surface area (TPSA) is 96.4 Å². The molecular formula is C14H16N2O4S2. The fraction of sp³-hybridized carbons (Fsp3) is 0.286. The average molecular weight is 340 g/mol. The average Bonchev–Trinajstić information content (AvgIpc) is 2.90. The molecule has 0 saturated carbocycles. The third kappa shape index (κ3) is 3.90. The summed E-state index contributed by atoms with van der Waals surface area (Å²) >= 11 is 1.20. The number of aromatic carboxylic acids is 1. The van der Waals surface area contributed by atoms with Crippen LogP contribution in [-0.4, -0.2) is 31.0 Å². The van der Waals surface area contributed by atoms with Crippen molar-refractivity contribution < 1.29 is 18.3 Å². The van der Waals surface area contributed by atoms with Gasteiger partial charge < -0.3 is 5.11 Å². The van der Waals surface area contributed by atoms with Crippen molar-refractivity contribution in [3.63, 3.8) is 0 Å². The zero-order chi connectivity index (χ0) is 16.3. The van der Waals surface area contributed by atoms with Gasteiger partial charge in [0.05, 0.1) is 9.90 Å². The molecule has 1 aromatic heterocycles. The molecule has 2 aromatic rings. The Hall–Kier alpha value is -1.77. The van der Waals surface area contributed by atoms with Crippen molar-refractivity contribution >= 4 is 27.3 Å². The van der Waals surface area contributed by atoms with E-state index in [1.54, 1.807) is 19.1 Å². The highest BCUT2D eigenvalue weighted by Crippen LogP contribution is 2.17. The Morgan fingerprint density at radius 3 is 2.73 bits per heavy atom. The zero-order valence-electron chi connectivity index (χ0n) is 12.2. The van der Waals surface area contributed by atoms with Crippen LogP contribution in [0.5, 0.6) is 0 Å². The van der Waals surface area contributed by atoms with E-state index in [1.807, 2.05) is 13.0 Å². The molecule has 0 bridgehead atoms. The normalized spacial score (nSPS) is 11.5. The number of nitrogens with zero attached hydrogens (tertiary/aromatic N) is 1. The number of aromatic nitrogens is 1. The number of thiazole rings is 1. The zero-order valence-corrected chi connectivity index (χ0v) is 13.8. The van der Waals surface area contributed by atoms with Crippen LogP contribution in [0.3, 0.4) is 0 Å². The second-order valence-electron chi connectivity index (χ2n) is 4.85. The first-order chi connectivity index (χ1) is 10.3. The summed E-state index contributed by atoms with van der Waals surface area (Å²) < 4.78 is 27.1. The summed E-state index contributed by atoms with van der Waals surface area (Å²) in [6, 6.07) is 5.25. The molecular weight excluding hydrogens is 324 g/mol. The van der Waals surface area contributed by atoms with Crippen LogP contribution in [-0.2, 0) is 16.4 Å². The number of hydrogen-bond acceptors (Lipinski definition) is 5. The van der Waals surface area contributed by atoms with Crippen LogP contribution in [0.4, 0.5) is 0 Å². The van der Waals surface area contributed by atoms with Gasteiger partial charge in [0.1, 0.15) is 0 Å². The summed E-state index contributed by atoms with van der Waals surface area (Å²) in [4.78, 5) is 14.9. The summed E-state index contributed by atoms with van der Waals surface area (Å²) in [5, 5.41) is 10.8. The predicted molar refractivity (Wildman–Crippen MR) is 83.9 cm³/mol. The fourth-order valence-corrected chi connectivity index (χ4v) is 4.02. The van der Waals surface area contributed by atoms with Crippen LogP contribution in [0, 0.1) is 13.8 Å². The second-order valence-corrected chi connectivity index (χ2v) is 7.53. The van der Waals surface area contributed by atoms with E-state index < -0.39 is 16.0 Å². The first-order valence-corrected chi connectivity index (χ1v) is 8.90. The summed E-state index contributed by atoms with van der Waals surface area (Å²) in [7, 11) is -3.58. The molecule has 0 aliphatic heterocycles. The minimum absolute atomic E-state index is 0.0163. The summed E-state index contributed by atoms with van der Waals surface area (Å²) in [6.07, 6.45) is 0.349. The third-order valence-corrected chi connectivity index (χ3v) is 5.55. The van der Waals surface area contributed by atoms with Crippen molar-refractivity contribution in [2.75, 3.05) is 6.54 Å². The standard InChI is InChI=1S/C14H16N2O4S2/c1-9-3-4-10(2)12(7-9)22(19,20)15-6-5-13-16-11(8-21-13)14(17)18/h3-4,7-8,15H,5-6H2,1-2H3,(H,17,18). The van der Waals surface area contributed by atoms with Gasteiger partial charge in [-0.15, -0.1) is 11.3 Å². The molecule has 1 heterocycles. The van der Waals surface area contributed by atoms with Crippen molar-refractivity contribution in [3.05, 3.63) is 45.4 Å². The van der Waals surface area contributed by atoms with Gasteiger partial charge in [0, 0.05) is 18.3 Å². The monoisotopic (exact) mass is 340 g/mol. The fourth-order valence-electron chi connectivity index (χ4n) is 1.89. The first-order valence-electron chi connectivity index (χ1n) is 6.54. The van der Waals surface area contributed by atoms with Crippen molar-refractivity contribution in [1.82, 2.24) is 9.71 Å². The number of carbonyl (C=O) groups is 1. The molecule has 118 valence electrons. The van der Waals surface area contributed by atoms with E-state index in [0.717, 1.165) is 5.56 Å². The quantitative estimate of drug-likeness (QED) is 0.838. The number of carboxylic acid groups (broad SMARTS) is 1. The van der Waals surface area contributed by atoms with Crippen LogP contribution in [0.2, 0.25) is 0 Å². The molecule has 8 heteroatoms. The number of nitrogens with one attached hydrogen (secondary N) is 1. The Morgan fingerprint density at radius 2 is 2.09 bits per heavy atom. The molecule has 1 aromatic carbocycles. The van der Waals surface area contributed by atoms with Gasteiger partial charge >= 0.3 is 5.97 Å². The maximum absolute atomic E-state index is 12.3. The molecule has 0 atom stereocenters. The lowest BCUT2D eigenvalue weighted by Crippen LogP contribution is -2.26. The highest BCUT2D eigenvalue weighted by molar-refractivity contribution is 7.89. The van der Waals surface area contributed by atoms with E-state index in [0.29, 0.717) is 17.0 Å². The van der Waals surface area contributed by atoms with Crippen molar-refractivity contribution in [3.8, 4) is 0 Å². The van der Waals surface area contributed by atoms with Gasteiger partial charge in [0.25, 0.3) is 0 Å². The molecule has 0 aliphatic rings. The third-order valence-electron chi connectivity index (χ3n) is 3.03. The lowest BCUT2D eigenvalue weighted by atomic mass is 10.2. The number of benzene rings is 1. The van der Waals surface area contributed by atoms with Crippen molar-refractivity contribution in [2.24, 2.45) is 0 Å². The van der Waals surface area contributed by atoms with Gasteiger partial charge in [0.2, 0.25) is 10.0 Å². The Balaban J connectivity index is 2.03. The molecule has 0 spiro atoms. The van der Waals surface area contributed by atoms with Crippen molar-refractivity contribution in [2.45, 2.75) is 25.2 Å². The Kier molecular flexibility index (Phi) is 4.94. The SMILES string of the molecule is Cc1ccc(C)c(S(=O)(=O)NCCc2nc(C(=O)O)cs2)c1. The Morgan fingerprint density at radius 1 is 1.36 bits per heavy atom. The maximum atomic E-state index is 12.3. The lowest BCUT2D eigenvalue weighted by molar-refractivity contribution is 0.0691. The molecule has 0 amide bonds. The van der Waals surface area contributed by atoms with E-state index in [4.69, 9.17) is 5.11 Å². The van der Waals surface area contributed by atoms with Gasteiger partial charge in [0.15, 0.2) is 5.69 Å². The molecule has 0 radical (unpaired) electrons. The molecule has 2 rings (SSSR count). The molecule has 0 unspecified atom stereocenters. The maximum Gasteiger partial charge on any atom is 0.355 e. The van der Waals surface area contributed by atoms with Crippen LogP contribution >= 0.6 is 11.3 Å². The van der Waals surface area contributed by atoms with E-state index in [2.05, 4.69) is 9.71 Å². The lowest BCUT2D eigenvalue weighted by Gasteiger charge is -2.09. The van der Waals surface area contributed by atoms with Gasteiger partial charge in [-0.2, -0.15) is 0 Å². The minimum Gasteiger partial charge on any atom is -0.476 e. The summed E-state index contributed by atoms with van der Waals surface area (Å²) in [5.74, 6) is -1.08.